The largest absolute Gasteiger partial charge is 0.352 e. The predicted molar refractivity (Wildman–Crippen MR) is 78.0 cm³/mol. The van der Waals surface area contributed by atoms with Crippen LogP contribution in [0.15, 0.2) is 24.7 Å². The highest BCUT2D eigenvalue weighted by molar-refractivity contribution is 5.40. The van der Waals surface area contributed by atoms with E-state index < -0.39 is 0 Å². The Balaban J connectivity index is 1.69. The van der Waals surface area contributed by atoms with Crippen LogP contribution >= 0.6 is 0 Å². The standard InChI is InChI=1S/C14H18N6/c1-11-9-12(2)18-14(17-11)20-7-5-19(6-8-20)13-10-15-3-4-16-13/h3-4,9-10H,5-8H2,1-2H3. The molecular weight excluding hydrogens is 252 g/mol. The summed E-state index contributed by atoms with van der Waals surface area (Å²) in [5.41, 5.74) is 2.03. The lowest BCUT2D eigenvalue weighted by Gasteiger charge is -2.35. The molecule has 3 heterocycles. The second-order valence-corrected chi connectivity index (χ2v) is 4.99. The van der Waals surface area contributed by atoms with E-state index in [4.69, 9.17) is 0 Å². The number of aromatic nitrogens is 4. The quantitative estimate of drug-likeness (QED) is 0.817. The topological polar surface area (TPSA) is 58.0 Å². The number of rotatable bonds is 2. The Morgan fingerprint density at radius 2 is 1.55 bits per heavy atom. The van der Waals surface area contributed by atoms with Crippen LogP contribution in [-0.2, 0) is 0 Å². The first-order chi connectivity index (χ1) is 9.72. The number of nitrogens with zero attached hydrogens (tertiary/aromatic N) is 6. The maximum absolute atomic E-state index is 4.52. The van der Waals surface area contributed by atoms with Gasteiger partial charge in [-0.15, -0.1) is 0 Å². The number of piperazine rings is 1. The Hall–Kier alpha value is -2.24. The van der Waals surface area contributed by atoms with Gasteiger partial charge in [0.1, 0.15) is 5.82 Å². The molecule has 0 unspecified atom stereocenters. The van der Waals surface area contributed by atoms with Crippen LogP contribution in [0, 0.1) is 13.8 Å². The third-order valence-electron chi connectivity index (χ3n) is 3.41. The fraction of sp³-hybridized carbons (Fsp3) is 0.429. The van der Waals surface area contributed by atoms with Crippen molar-refractivity contribution in [2.24, 2.45) is 0 Å². The van der Waals surface area contributed by atoms with Gasteiger partial charge >= 0.3 is 0 Å². The highest BCUT2D eigenvalue weighted by Crippen LogP contribution is 2.16. The van der Waals surface area contributed by atoms with Crippen LogP contribution in [0.3, 0.4) is 0 Å². The zero-order valence-electron chi connectivity index (χ0n) is 11.8. The summed E-state index contributed by atoms with van der Waals surface area (Å²) in [6, 6.07) is 2.00. The van der Waals surface area contributed by atoms with Crippen LogP contribution in [0.25, 0.3) is 0 Å². The van der Waals surface area contributed by atoms with Gasteiger partial charge in [0.2, 0.25) is 5.95 Å². The molecular formula is C14H18N6. The van der Waals surface area contributed by atoms with Gasteiger partial charge in [-0.05, 0) is 19.9 Å². The third kappa shape index (κ3) is 2.68. The zero-order chi connectivity index (χ0) is 13.9. The zero-order valence-corrected chi connectivity index (χ0v) is 11.8. The average Bonchev–Trinajstić information content (AvgIpc) is 2.47. The van der Waals surface area contributed by atoms with Crippen molar-refractivity contribution in [3.05, 3.63) is 36.0 Å². The highest BCUT2D eigenvalue weighted by atomic mass is 15.3. The molecule has 2 aromatic rings. The minimum Gasteiger partial charge on any atom is -0.352 e. The molecule has 1 aliphatic heterocycles. The van der Waals surface area contributed by atoms with E-state index in [9.17, 15) is 0 Å². The van der Waals surface area contributed by atoms with Crippen LogP contribution in [0.4, 0.5) is 11.8 Å². The summed E-state index contributed by atoms with van der Waals surface area (Å²) < 4.78 is 0. The summed E-state index contributed by atoms with van der Waals surface area (Å²) in [6.07, 6.45) is 5.24. The number of aryl methyl sites for hydroxylation is 2. The molecule has 0 atom stereocenters. The summed E-state index contributed by atoms with van der Waals surface area (Å²) in [7, 11) is 0. The van der Waals surface area contributed by atoms with Gasteiger partial charge in [0.15, 0.2) is 0 Å². The average molecular weight is 270 g/mol. The van der Waals surface area contributed by atoms with Crippen LogP contribution in [0.5, 0.6) is 0 Å². The second-order valence-electron chi connectivity index (χ2n) is 4.99. The fourth-order valence-corrected chi connectivity index (χ4v) is 2.44. The van der Waals surface area contributed by atoms with Gasteiger partial charge in [-0.3, -0.25) is 4.98 Å². The van der Waals surface area contributed by atoms with Crippen LogP contribution < -0.4 is 9.80 Å². The van der Waals surface area contributed by atoms with E-state index in [1.165, 1.54) is 0 Å². The molecule has 3 rings (SSSR count). The minimum absolute atomic E-state index is 0.835. The van der Waals surface area contributed by atoms with Crippen molar-refractivity contribution < 1.29 is 0 Å². The summed E-state index contributed by atoms with van der Waals surface area (Å²) in [4.78, 5) is 22.0. The molecule has 0 N–H and O–H groups in total. The molecule has 6 heteroatoms. The number of hydrogen-bond acceptors (Lipinski definition) is 6. The lowest BCUT2D eigenvalue weighted by atomic mass is 10.3. The normalized spacial score (nSPS) is 15.5. The van der Waals surface area contributed by atoms with Crippen molar-refractivity contribution in [3.8, 4) is 0 Å². The first kappa shape index (κ1) is 12.8. The molecule has 0 bridgehead atoms. The first-order valence-electron chi connectivity index (χ1n) is 6.80. The number of hydrogen-bond donors (Lipinski definition) is 0. The maximum atomic E-state index is 4.52. The van der Waals surface area contributed by atoms with Gasteiger partial charge in [-0.1, -0.05) is 0 Å². The molecule has 6 nitrogen and oxygen atoms in total. The van der Waals surface area contributed by atoms with E-state index >= 15 is 0 Å². The van der Waals surface area contributed by atoms with Crippen molar-refractivity contribution in [2.45, 2.75) is 13.8 Å². The Morgan fingerprint density at radius 3 is 2.15 bits per heavy atom. The van der Waals surface area contributed by atoms with Gasteiger partial charge in [-0.2, -0.15) is 0 Å². The molecule has 1 fully saturated rings. The summed E-state index contributed by atoms with van der Waals surface area (Å²) >= 11 is 0. The Bertz CT molecular complexity index is 557. The summed E-state index contributed by atoms with van der Waals surface area (Å²) in [5, 5.41) is 0. The van der Waals surface area contributed by atoms with Crippen molar-refractivity contribution in [2.75, 3.05) is 36.0 Å². The summed E-state index contributed by atoms with van der Waals surface area (Å²) in [5.74, 6) is 1.77. The predicted octanol–water partition coefficient (Wildman–Crippen LogP) is 1.21. The van der Waals surface area contributed by atoms with E-state index in [-0.39, 0.29) is 0 Å². The molecule has 0 saturated carbocycles. The molecule has 0 aliphatic carbocycles. The highest BCUT2D eigenvalue weighted by Gasteiger charge is 2.20. The molecule has 0 spiro atoms. The van der Waals surface area contributed by atoms with Gasteiger partial charge in [0.05, 0.1) is 6.20 Å². The molecule has 0 radical (unpaired) electrons. The molecule has 1 saturated heterocycles. The maximum Gasteiger partial charge on any atom is 0.225 e. The molecule has 2 aromatic heterocycles. The Labute approximate surface area is 118 Å². The first-order valence-corrected chi connectivity index (χ1v) is 6.80. The van der Waals surface area contributed by atoms with E-state index in [2.05, 4.69) is 29.7 Å². The summed E-state index contributed by atoms with van der Waals surface area (Å²) in [6.45, 7) is 7.64. The van der Waals surface area contributed by atoms with Crippen molar-refractivity contribution in [3.63, 3.8) is 0 Å². The monoisotopic (exact) mass is 270 g/mol. The molecule has 0 amide bonds. The van der Waals surface area contributed by atoms with E-state index in [1.54, 1.807) is 12.4 Å². The molecule has 1 aliphatic rings. The van der Waals surface area contributed by atoms with E-state index in [0.717, 1.165) is 49.3 Å². The van der Waals surface area contributed by atoms with Gasteiger partial charge in [-0.25, -0.2) is 15.0 Å². The Kier molecular flexibility index (Phi) is 3.45. The van der Waals surface area contributed by atoms with Crippen molar-refractivity contribution in [1.29, 1.82) is 0 Å². The molecule has 104 valence electrons. The fourth-order valence-electron chi connectivity index (χ4n) is 2.44. The van der Waals surface area contributed by atoms with E-state index in [1.807, 2.05) is 26.1 Å². The van der Waals surface area contributed by atoms with E-state index in [0.29, 0.717) is 0 Å². The van der Waals surface area contributed by atoms with Gasteiger partial charge < -0.3 is 9.80 Å². The van der Waals surface area contributed by atoms with Crippen LogP contribution in [-0.4, -0.2) is 46.1 Å². The molecule has 20 heavy (non-hydrogen) atoms. The van der Waals surface area contributed by atoms with Gasteiger partial charge in [0, 0.05) is 50.0 Å². The molecule has 0 aromatic carbocycles. The SMILES string of the molecule is Cc1cc(C)nc(N2CCN(c3cnccn3)CC2)n1. The number of anilines is 2. The lowest BCUT2D eigenvalue weighted by molar-refractivity contribution is 0.632. The van der Waals surface area contributed by atoms with Crippen molar-refractivity contribution in [1.82, 2.24) is 19.9 Å². The Morgan fingerprint density at radius 1 is 0.900 bits per heavy atom. The smallest absolute Gasteiger partial charge is 0.225 e. The minimum atomic E-state index is 0.835. The van der Waals surface area contributed by atoms with Crippen LogP contribution in [0.1, 0.15) is 11.4 Å². The van der Waals surface area contributed by atoms with Crippen LogP contribution in [0.2, 0.25) is 0 Å². The second kappa shape index (κ2) is 5.40. The van der Waals surface area contributed by atoms with Crippen molar-refractivity contribution >= 4 is 11.8 Å². The van der Waals surface area contributed by atoms with Gasteiger partial charge in [0.25, 0.3) is 0 Å². The third-order valence-corrected chi connectivity index (χ3v) is 3.41. The lowest BCUT2D eigenvalue weighted by Crippen LogP contribution is -2.47.